The average Bonchev–Trinajstić information content (AvgIpc) is 3.41. The van der Waals surface area contributed by atoms with Crippen molar-refractivity contribution in [2.75, 3.05) is 55.4 Å². The summed E-state index contributed by atoms with van der Waals surface area (Å²) in [5, 5.41) is 0. The van der Waals surface area contributed by atoms with Crippen LogP contribution in [-0.4, -0.2) is 85.4 Å². The van der Waals surface area contributed by atoms with E-state index in [9.17, 15) is 0 Å². The second-order valence-electron chi connectivity index (χ2n) is 6.90. The first kappa shape index (κ1) is 22.4. The van der Waals surface area contributed by atoms with Crippen molar-refractivity contribution in [3.05, 3.63) is 29.8 Å². The van der Waals surface area contributed by atoms with Gasteiger partial charge in [-0.05, 0) is 17.7 Å². The van der Waals surface area contributed by atoms with E-state index in [0.717, 1.165) is 11.3 Å². The molecule has 9 nitrogen and oxygen atoms in total. The first-order chi connectivity index (χ1) is 14.2. The van der Waals surface area contributed by atoms with Gasteiger partial charge in [0, 0.05) is 21.3 Å². The molecule has 0 bridgehead atoms. The molecule has 0 radical (unpaired) electrons. The molecular formula is C20H30O9. The Morgan fingerprint density at radius 2 is 1.52 bits per heavy atom. The number of ether oxygens (including phenoxy) is 9. The number of rotatable bonds is 14. The molecule has 29 heavy (non-hydrogen) atoms. The van der Waals surface area contributed by atoms with E-state index in [2.05, 4.69) is 0 Å². The van der Waals surface area contributed by atoms with Crippen LogP contribution in [0, 0.1) is 0 Å². The molecule has 1 saturated heterocycles. The predicted molar refractivity (Wildman–Crippen MR) is 101 cm³/mol. The van der Waals surface area contributed by atoms with Gasteiger partial charge >= 0.3 is 0 Å². The third-order valence-corrected chi connectivity index (χ3v) is 5.05. The third-order valence-electron chi connectivity index (χ3n) is 5.05. The van der Waals surface area contributed by atoms with Crippen LogP contribution in [0.15, 0.2) is 24.3 Å². The van der Waals surface area contributed by atoms with E-state index in [1.54, 1.807) is 28.4 Å². The molecular weight excluding hydrogens is 384 g/mol. The van der Waals surface area contributed by atoms with Gasteiger partial charge in [0.15, 0.2) is 0 Å². The van der Waals surface area contributed by atoms with Gasteiger partial charge in [-0.1, -0.05) is 12.1 Å². The number of hydrogen-bond donors (Lipinski definition) is 0. The van der Waals surface area contributed by atoms with Crippen molar-refractivity contribution < 1.29 is 42.6 Å². The van der Waals surface area contributed by atoms with Crippen LogP contribution in [0.1, 0.15) is 5.56 Å². The van der Waals surface area contributed by atoms with Crippen molar-refractivity contribution in [3.8, 4) is 5.75 Å². The maximum atomic E-state index is 6.21. The molecule has 5 atom stereocenters. The molecule has 1 aliphatic heterocycles. The minimum atomic E-state index is -0.667. The van der Waals surface area contributed by atoms with Crippen LogP contribution >= 0.6 is 0 Å². The molecule has 1 saturated carbocycles. The summed E-state index contributed by atoms with van der Waals surface area (Å²) >= 11 is 0. The molecule has 0 unspecified atom stereocenters. The fraction of sp³-hybridized carbons (Fsp3) is 0.700. The second kappa shape index (κ2) is 10.6. The average molecular weight is 414 g/mol. The molecule has 2 fully saturated rings. The lowest BCUT2D eigenvalue weighted by atomic mass is 10.1. The highest BCUT2D eigenvalue weighted by Gasteiger charge is 2.76. The number of epoxide rings is 1. The SMILES string of the molecule is COCOC[C@]12O[C@H]1[C@H](OCc1ccc(OC)cc1)[C@@H](OCOC)[C@@H]2OCOC. The lowest BCUT2D eigenvalue weighted by Gasteiger charge is -2.30. The topological polar surface area (TPSA) is 86.4 Å². The lowest BCUT2D eigenvalue weighted by Crippen LogP contribution is -2.46. The minimum absolute atomic E-state index is 0.102. The molecule has 1 aromatic rings. The Labute approximate surface area is 171 Å². The van der Waals surface area contributed by atoms with E-state index in [-0.39, 0.29) is 32.6 Å². The zero-order chi connectivity index (χ0) is 20.7. The molecule has 1 aromatic carbocycles. The van der Waals surface area contributed by atoms with Gasteiger partial charge in [-0.25, -0.2) is 0 Å². The fourth-order valence-corrected chi connectivity index (χ4v) is 3.68. The van der Waals surface area contributed by atoms with Gasteiger partial charge < -0.3 is 42.6 Å². The number of hydrogen-bond acceptors (Lipinski definition) is 9. The van der Waals surface area contributed by atoms with E-state index < -0.39 is 17.8 Å². The van der Waals surface area contributed by atoms with E-state index >= 15 is 0 Å². The number of benzene rings is 1. The van der Waals surface area contributed by atoms with Gasteiger partial charge in [0.05, 0.1) is 20.3 Å². The van der Waals surface area contributed by atoms with Gasteiger partial charge in [-0.15, -0.1) is 0 Å². The Bertz CT molecular complexity index is 610. The Hall–Kier alpha value is -1.30. The monoisotopic (exact) mass is 414 g/mol. The zero-order valence-corrected chi connectivity index (χ0v) is 17.3. The predicted octanol–water partition coefficient (Wildman–Crippen LogP) is 1.33. The molecule has 0 amide bonds. The van der Waals surface area contributed by atoms with Gasteiger partial charge in [0.1, 0.15) is 56.1 Å². The summed E-state index contributed by atoms with van der Waals surface area (Å²) in [5.74, 6) is 0.795. The van der Waals surface area contributed by atoms with E-state index in [4.69, 9.17) is 42.6 Å². The van der Waals surface area contributed by atoms with Gasteiger partial charge in [-0.3, -0.25) is 0 Å². The van der Waals surface area contributed by atoms with Crippen molar-refractivity contribution in [3.63, 3.8) is 0 Å². The highest BCUT2D eigenvalue weighted by Crippen LogP contribution is 2.54. The van der Waals surface area contributed by atoms with Crippen LogP contribution in [0.5, 0.6) is 5.75 Å². The van der Waals surface area contributed by atoms with Crippen molar-refractivity contribution in [1.82, 2.24) is 0 Å². The molecule has 1 heterocycles. The first-order valence-corrected chi connectivity index (χ1v) is 9.40. The Kier molecular flexibility index (Phi) is 8.22. The Morgan fingerprint density at radius 3 is 2.17 bits per heavy atom. The Balaban J connectivity index is 1.70. The summed E-state index contributed by atoms with van der Waals surface area (Å²) in [5.41, 5.74) is 0.347. The van der Waals surface area contributed by atoms with Crippen LogP contribution in [0.3, 0.4) is 0 Å². The summed E-state index contributed by atoms with van der Waals surface area (Å²) in [6.45, 7) is 1.07. The largest absolute Gasteiger partial charge is 0.497 e. The van der Waals surface area contributed by atoms with Crippen molar-refractivity contribution in [2.45, 2.75) is 36.6 Å². The molecule has 164 valence electrons. The van der Waals surface area contributed by atoms with E-state index in [0.29, 0.717) is 13.2 Å². The molecule has 2 aliphatic rings. The number of fused-ring (bicyclic) bond motifs is 1. The summed E-state index contributed by atoms with van der Waals surface area (Å²) in [4.78, 5) is 0. The summed E-state index contributed by atoms with van der Waals surface area (Å²) in [7, 11) is 6.35. The molecule has 9 heteroatoms. The molecule has 3 rings (SSSR count). The molecule has 0 spiro atoms. The zero-order valence-electron chi connectivity index (χ0n) is 17.3. The van der Waals surface area contributed by atoms with Crippen LogP contribution in [-0.2, 0) is 44.5 Å². The minimum Gasteiger partial charge on any atom is -0.497 e. The van der Waals surface area contributed by atoms with E-state index in [1.807, 2.05) is 24.3 Å². The smallest absolute Gasteiger partial charge is 0.150 e. The van der Waals surface area contributed by atoms with Crippen molar-refractivity contribution in [2.24, 2.45) is 0 Å². The quantitative estimate of drug-likeness (QED) is 0.254. The summed E-state index contributed by atoms with van der Waals surface area (Å²) in [6.07, 6.45) is -1.39. The normalized spacial score (nSPS) is 30.3. The first-order valence-electron chi connectivity index (χ1n) is 9.40. The van der Waals surface area contributed by atoms with Gasteiger partial charge in [-0.2, -0.15) is 0 Å². The van der Waals surface area contributed by atoms with Crippen LogP contribution < -0.4 is 4.74 Å². The molecule has 1 aliphatic carbocycles. The maximum absolute atomic E-state index is 6.21. The maximum Gasteiger partial charge on any atom is 0.150 e. The van der Waals surface area contributed by atoms with Crippen molar-refractivity contribution in [1.29, 1.82) is 0 Å². The van der Waals surface area contributed by atoms with Gasteiger partial charge in [0.2, 0.25) is 0 Å². The molecule has 0 aromatic heterocycles. The Morgan fingerprint density at radius 1 is 0.828 bits per heavy atom. The summed E-state index contributed by atoms with van der Waals surface area (Å²) < 4.78 is 50.0. The second-order valence-corrected chi connectivity index (χ2v) is 6.90. The van der Waals surface area contributed by atoms with Gasteiger partial charge in [0.25, 0.3) is 0 Å². The number of methoxy groups -OCH3 is 4. The van der Waals surface area contributed by atoms with Crippen molar-refractivity contribution >= 4 is 0 Å². The van der Waals surface area contributed by atoms with Crippen LogP contribution in [0.25, 0.3) is 0 Å². The standard InChI is InChI=1S/C20H30O9/c1-21-11-25-10-20-18(28-13-23-3)16(27-12-22-2)17(19(20)29-20)26-9-14-5-7-15(24-4)8-6-14/h5-8,16-19H,9-13H2,1-4H3/t16-,17-,18+,19+,20-/m1/s1. The van der Waals surface area contributed by atoms with E-state index in [1.165, 1.54) is 0 Å². The molecule has 0 N–H and O–H groups in total. The lowest BCUT2D eigenvalue weighted by molar-refractivity contribution is -0.209. The fourth-order valence-electron chi connectivity index (χ4n) is 3.68. The van der Waals surface area contributed by atoms with Crippen LogP contribution in [0.4, 0.5) is 0 Å². The van der Waals surface area contributed by atoms with Crippen LogP contribution in [0.2, 0.25) is 0 Å². The third kappa shape index (κ3) is 5.07. The highest BCUT2D eigenvalue weighted by atomic mass is 16.7. The summed E-state index contributed by atoms with van der Waals surface area (Å²) in [6, 6.07) is 7.71. The highest BCUT2D eigenvalue weighted by molar-refractivity contribution is 5.27.